The van der Waals surface area contributed by atoms with Crippen molar-refractivity contribution in [3.8, 4) is 0 Å². The van der Waals surface area contributed by atoms with Gasteiger partial charge in [0.1, 0.15) is 9.88 Å². The van der Waals surface area contributed by atoms with Gasteiger partial charge in [-0.05, 0) is 32.9 Å². The molecule has 2 heterocycles. The summed E-state index contributed by atoms with van der Waals surface area (Å²) >= 11 is 1.29. The number of carbonyl (C=O) groups excluding carboxylic acids is 2. The van der Waals surface area contributed by atoms with E-state index in [0.717, 1.165) is 10.7 Å². The predicted molar refractivity (Wildman–Crippen MR) is 121 cm³/mol. The number of ether oxygens (including phenoxy) is 1. The lowest BCUT2D eigenvalue weighted by molar-refractivity contribution is -0.128. The van der Waals surface area contributed by atoms with E-state index in [4.69, 9.17) is 4.74 Å². The van der Waals surface area contributed by atoms with Gasteiger partial charge in [-0.25, -0.2) is 9.78 Å². The fourth-order valence-electron chi connectivity index (χ4n) is 2.70. The van der Waals surface area contributed by atoms with Crippen LogP contribution < -0.4 is 10.6 Å². The zero-order chi connectivity index (χ0) is 22.8. The van der Waals surface area contributed by atoms with Crippen LogP contribution in [0, 0.1) is 6.92 Å². The van der Waals surface area contributed by atoms with Crippen LogP contribution in [0.5, 0.6) is 0 Å². The minimum Gasteiger partial charge on any atom is -0.462 e. The number of esters is 1. The summed E-state index contributed by atoms with van der Waals surface area (Å²) in [6, 6.07) is 5.54. The summed E-state index contributed by atoms with van der Waals surface area (Å²) in [5.74, 6) is 0.0588. The molecule has 10 heteroatoms. The van der Waals surface area contributed by atoms with Crippen LogP contribution in [0.25, 0.3) is 0 Å². The lowest BCUT2D eigenvalue weighted by atomic mass is 10.2. The molecule has 1 amide bonds. The average Bonchev–Trinajstić information content (AvgIpc) is 3.17. The first-order valence-electron chi connectivity index (χ1n) is 10.1. The second-order valence-corrected chi connectivity index (χ2v) is 7.90. The molecule has 2 rings (SSSR count). The molecule has 2 N–H and O–H groups in total. The number of likely N-dealkylation sites (N-methyl/N-ethyl adjacent to an activating group) is 1. The molecule has 0 fully saturated rings. The van der Waals surface area contributed by atoms with Gasteiger partial charge in [0.2, 0.25) is 5.91 Å². The number of thiazole rings is 1. The highest BCUT2D eigenvalue weighted by Gasteiger charge is 2.20. The third-order valence-electron chi connectivity index (χ3n) is 4.48. The van der Waals surface area contributed by atoms with Gasteiger partial charge in [-0.15, -0.1) is 11.3 Å². The number of hydrogen-bond acceptors (Lipinski definition) is 7. The molecule has 0 aliphatic rings. The lowest BCUT2D eigenvalue weighted by Gasteiger charge is -2.20. The number of nitrogens with one attached hydrogen (secondary N) is 2. The fraction of sp³-hybridized carbons (Fsp3) is 0.476. The first kappa shape index (κ1) is 24.3. The van der Waals surface area contributed by atoms with Crippen LogP contribution in [0.15, 0.2) is 29.4 Å². The van der Waals surface area contributed by atoms with Crippen molar-refractivity contribution < 1.29 is 14.3 Å². The van der Waals surface area contributed by atoms with Crippen molar-refractivity contribution in [1.82, 2.24) is 25.5 Å². The van der Waals surface area contributed by atoms with Gasteiger partial charge in [-0.1, -0.05) is 6.07 Å². The molecule has 0 bridgehead atoms. The van der Waals surface area contributed by atoms with E-state index < -0.39 is 0 Å². The normalized spacial score (nSPS) is 12.2. The molecule has 1 unspecified atom stereocenters. The van der Waals surface area contributed by atoms with Crippen molar-refractivity contribution in [2.75, 3.05) is 33.8 Å². The molecule has 1 atom stereocenters. The maximum absolute atomic E-state index is 12.4. The summed E-state index contributed by atoms with van der Waals surface area (Å²) in [5.41, 5.74) is 1.59. The maximum atomic E-state index is 12.4. The Morgan fingerprint density at radius 2 is 2.13 bits per heavy atom. The second-order valence-electron chi connectivity index (χ2n) is 6.87. The lowest BCUT2D eigenvalue weighted by Crippen LogP contribution is -2.44. The van der Waals surface area contributed by atoms with Crippen LogP contribution in [0.3, 0.4) is 0 Å². The summed E-state index contributed by atoms with van der Waals surface area (Å²) in [7, 11) is 3.40. The molecule has 0 saturated heterocycles. The van der Waals surface area contributed by atoms with Gasteiger partial charge in [0.05, 0.1) is 24.9 Å². The molecule has 0 aromatic carbocycles. The van der Waals surface area contributed by atoms with Gasteiger partial charge in [0, 0.05) is 39.0 Å². The molecule has 0 aliphatic carbocycles. The Hall–Kier alpha value is -3.01. The van der Waals surface area contributed by atoms with E-state index in [2.05, 4.69) is 25.6 Å². The highest BCUT2D eigenvalue weighted by atomic mass is 32.1. The van der Waals surface area contributed by atoms with E-state index in [9.17, 15) is 9.59 Å². The molecular formula is C21H30N6O3S. The number of guanidine groups is 1. The number of amides is 1. The summed E-state index contributed by atoms with van der Waals surface area (Å²) in [6.45, 7) is 6.48. The Morgan fingerprint density at radius 3 is 2.77 bits per heavy atom. The van der Waals surface area contributed by atoms with E-state index in [0.29, 0.717) is 36.1 Å². The topological polar surface area (TPSA) is 109 Å². The number of nitrogens with zero attached hydrogens (tertiary/aromatic N) is 4. The van der Waals surface area contributed by atoms with Crippen LogP contribution in [-0.2, 0) is 16.0 Å². The zero-order valence-electron chi connectivity index (χ0n) is 18.6. The standard InChI is InChI=1S/C21H30N6O3S/c1-6-30-20(29)18-14(2)25-19(31-18)15(3)26-21(22-4)24-13-17(28)27(5)12-10-16-9-7-8-11-23-16/h7-9,11,15H,6,10,12-13H2,1-5H3,(H2,22,24,26). The predicted octanol–water partition coefficient (Wildman–Crippen LogP) is 1.95. The van der Waals surface area contributed by atoms with Gasteiger partial charge < -0.3 is 20.3 Å². The smallest absolute Gasteiger partial charge is 0.350 e. The van der Waals surface area contributed by atoms with Crippen LogP contribution in [0.4, 0.5) is 0 Å². The molecule has 0 aliphatic heterocycles. The Labute approximate surface area is 187 Å². The van der Waals surface area contributed by atoms with Crippen molar-refractivity contribution in [1.29, 1.82) is 0 Å². The minimum atomic E-state index is -0.363. The molecule has 0 saturated carbocycles. The third kappa shape index (κ3) is 7.32. The SMILES string of the molecule is CCOC(=O)c1sc(C(C)NC(=NC)NCC(=O)N(C)CCc2ccccn2)nc1C. The van der Waals surface area contributed by atoms with Crippen molar-refractivity contribution >= 4 is 29.2 Å². The van der Waals surface area contributed by atoms with Crippen molar-refractivity contribution in [3.63, 3.8) is 0 Å². The number of rotatable bonds is 9. The van der Waals surface area contributed by atoms with Crippen LogP contribution in [0.1, 0.15) is 46.0 Å². The molecule has 2 aromatic rings. The Bertz CT molecular complexity index is 900. The highest BCUT2D eigenvalue weighted by Crippen LogP contribution is 2.24. The van der Waals surface area contributed by atoms with Crippen molar-refractivity contribution in [2.24, 2.45) is 4.99 Å². The third-order valence-corrected chi connectivity index (χ3v) is 5.80. The first-order valence-corrected chi connectivity index (χ1v) is 10.9. The van der Waals surface area contributed by atoms with Crippen molar-refractivity contribution in [2.45, 2.75) is 33.2 Å². The average molecular weight is 447 g/mol. The van der Waals surface area contributed by atoms with Crippen LogP contribution in [-0.4, -0.2) is 66.5 Å². The Morgan fingerprint density at radius 1 is 1.35 bits per heavy atom. The molecular weight excluding hydrogens is 416 g/mol. The minimum absolute atomic E-state index is 0.0544. The molecule has 2 aromatic heterocycles. The zero-order valence-corrected chi connectivity index (χ0v) is 19.5. The first-order chi connectivity index (χ1) is 14.8. The maximum Gasteiger partial charge on any atom is 0.350 e. The summed E-state index contributed by atoms with van der Waals surface area (Å²) in [6.07, 6.45) is 2.44. The van der Waals surface area contributed by atoms with Crippen LogP contribution in [0.2, 0.25) is 0 Å². The van der Waals surface area contributed by atoms with Gasteiger partial charge >= 0.3 is 5.97 Å². The number of aliphatic imine (C=N–C) groups is 1. The van der Waals surface area contributed by atoms with E-state index >= 15 is 0 Å². The number of aromatic nitrogens is 2. The van der Waals surface area contributed by atoms with E-state index in [1.807, 2.05) is 25.1 Å². The van der Waals surface area contributed by atoms with E-state index in [-0.39, 0.29) is 24.5 Å². The van der Waals surface area contributed by atoms with E-state index in [1.54, 1.807) is 39.0 Å². The summed E-state index contributed by atoms with van der Waals surface area (Å²) in [5, 5.41) is 6.97. The Kier molecular flexibility index (Phi) is 9.39. The number of pyridine rings is 1. The summed E-state index contributed by atoms with van der Waals surface area (Å²) < 4.78 is 5.07. The largest absolute Gasteiger partial charge is 0.462 e. The van der Waals surface area contributed by atoms with Gasteiger partial charge in [0.25, 0.3) is 0 Å². The molecule has 168 valence electrons. The van der Waals surface area contributed by atoms with Gasteiger partial charge in [0.15, 0.2) is 5.96 Å². The monoisotopic (exact) mass is 446 g/mol. The highest BCUT2D eigenvalue weighted by molar-refractivity contribution is 7.13. The van der Waals surface area contributed by atoms with Gasteiger partial charge in [-0.2, -0.15) is 0 Å². The number of hydrogen-bond donors (Lipinski definition) is 2. The fourth-order valence-corrected chi connectivity index (χ4v) is 3.66. The quantitative estimate of drug-likeness (QED) is 0.344. The van der Waals surface area contributed by atoms with Crippen molar-refractivity contribution in [3.05, 3.63) is 45.7 Å². The number of carbonyl (C=O) groups is 2. The second kappa shape index (κ2) is 12.0. The van der Waals surface area contributed by atoms with E-state index in [1.165, 1.54) is 11.3 Å². The Balaban J connectivity index is 1.85. The molecule has 0 radical (unpaired) electrons. The number of aryl methyl sites for hydroxylation is 1. The molecule has 0 spiro atoms. The van der Waals surface area contributed by atoms with Crippen LogP contribution >= 0.6 is 11.3 Å². The molecule has 9 nitrogen and oxygen atoms in total. The molecule has 31 heavy (non-hydrogen) atoms. The van der Waals surface area contributed by atoms with Gasteiger partial charge in [-0.3, -0.25) is 14.8 Å². The summed E-state index contributed by atoms with van der Waals surface area (Å²) in [4.78, 5) is 39.5.